The van der Waals surface area contributed by atoms with E-state index in [-0.39, 0.29) is 11.6 Å². The van der Waals surface area contributed by atoms with Crippen LogP contribution in [0.1, 0.15) is 19.3 Å². The highest BCUT2D eigenvalue weighted by Gasteiger charge is 2.27. The minimum atomic E-state index is -0.463. The Balaban J connectivity index is 1.67. The average molecular weight is 375 g/mol. The van der Waals surface area contributed by atoms with Gasteiger partial charge in [-0.1, -0.05) is 12.1 Å². The van der Waals surface area contributed by atoms with Crippen molar-refractivity contribution in [3.63, 3.8) is 0 Å². The van der Waals surface area contributed by atoms with Crippen LogP contribution in [0.2, 0.25) is 0 Å². The number of hydrogen-bond acceptors (Lipinski definition) is 7. The predicted octanol–water partition coefficient (Wildman–Crippen LogP) is 2.41. The minimum Gasteiger partial charge on any atom is -0.465 e. The Bertz CT molecular complexity index is 842. The van der Waals surface area contributed by atoms with Crippen LogP contribution in [-0.2, 0) is 4.74 Å². The van der Waals surface area contributed by atoms with Gasteiger partial charge in [0.2, 0.25) is 0 Å². The second-order valence-corrected chi connectivity index (χ2v) is 6.76. The summed E-state index contributed by atoms with van der Waals surface area (Å²) in [5, 5.41) is 11.2. The maximum absolute atomic E-state index is 12.6. The Morgan fingerprint density at radius 3 is 2.38 bits per heavy atom. The molecule has 1 saturated heterocycles. The van der Waals surface area contributed by atoms with Crippen LogP contribution in [0, 0.1) is 10.1 Å². The number of thiophene rings is 1. The quantitative estimate of drug-likeness (QED) is 0.463. The number of amides is 1. The molecule has 1 aromatic heterocycles. The normalized spacial score (nSPS) is 14.2. The van der Waals surface area contributed by atoms with Gasteiger partial charge in [-0.3, -0.25) is 14.9 Å². The number of para-hydroxylation sites is 2. The topological polar surface area (TPSA) is 93.0 Å². The predicted molar refractivity (Wildman–Crippen MR) is 96.9 cm³/mol. The van der Waals surface area contributed by atoms with E-state index in [2.05, 4.69) is 4.74 Å². The van der Waals surface area contributed by atoms with Gasteiger partial charge in [-0.25, -0.2) is 4.79 Å². The highest BCUT2D eigenvalue weighted by molar-refractivity contribution is 7.15. The lowest BCUT2D eigenvalue weighted by molar-refractivity contribution is -0.384. The van der Waals surface area contributed by atoms with E-state index < -0.39 is 10.9 Å². The molecule has 0 spiro atoms. The summed E-state index contributed by atoms with van der Waals surface area (Å²) < 4.78 is 4.65. The number of methoxy groups -OCH3 is 1. The van der Waals surface area contributed by atoms with Gasteiger partial charge < -0.3 is 14.5 Å². The molecular weight excluding hydrogens is 358 g/mol. The summed E-state index contributed by atoms with van der Waals surface area (Å²) in [6, 6.07) is 9.79. The maximum Gasteiger partial charge on any atom is 0.348 e. The summed E-state index contributed by atoms with van der Waals surface area (Å²) in [7, 11) is 1.30. The highest BCUT2D eigenvalue weighted by atomic mass is 32.1. The molecule has 1 aliphatic rings. The Morgan fingerprint density at radius 2 is 1.73 bits per heavy atom. The van der Waals surface area contributed by atoms with Gasteiger partial charge in [-0.05, 0) is 18.2 Å². The second-order valence-electron chi connectivity index (χ2n) is 5.68. The molecule has 136 valence electrons. The Labute approximate surface area is 153 Å². The van der Waals surface area contributed by atoms with E-state index in [1.807, 2.05) is 4.90 Å². The molecule has 3 rings (SSSR count). The SMILES string of the molecule is COC(=O)c1ccc(C(=O)N2CCN(c3ccccc3[N+](=O)[O-])CC2)s1. The molecule has 1 fully saturated rings. The summed E-state index contributed by atoms with van der Waals surface area (Å²) >= 11 is 1.10. The van der Waals surface area contributed by atoms with Crippen LogP contribution in [-0.4, -0.2) is 55.0 Å². The van der Waals surface area contributed by atoms with Crippen LogP contribution < -0.4 is 4.90 Å². The van der Waals surface area contributed by atoms with Gasteiger partial charge in [0.25, 0.3) is 11.6 Å². The summed E-state index contributed by atoms with van der Waals surface area (Å²) in [5.74, 6) is -0.609. The fourth-order valence-corrected chi connectivity index (χ4v) is 3.75. The molecule has 2 aromatic rings. The lowest BCUT2D eigenvalue weighted by atomic mass is 10.2. The van der Waals surface area contributed by atoms with Crippen molar-refractivity contribution in [2.24, 2.45) is 0 Å². The second kappa shape index (κ2) is 7.52. The third-order valence-corrected chi connectivity index (χ3v) is 5.24. The van der Waals surface area contributed by atoms with Crippen molar-refractivity contribution in [2.75, 3.05) is 38.2 Å². The smallest absolute Gasteiger partial charge is 0.348 e. The standard InChI is InChI=1S/C17H17N3O5S/c1-25-17(22)15-7-6-14(26-15)16(21)19-10-8-18(9-11-19)12-4-2-3-5-13(12)20(23)24/h2-7H,8-11H2,1H3. The van der Waals surface area contributed by atoms with E-state index in [1.54, 1.807) is 35.2 Å². The molecule has 0 radical (unpaired) electrons. The number of benzene rings is 1. The highest BCUT2D eigenvalue weighted by Crippen LogP contribution is 2.28. The number of rotatable bonds is 4. The summed E-state index contributed by atoms with van der Waals surface area (Å²) in [6.45, 7) is 1.92. The van der Waals surface area contributed by atoms with Crippen LogP contribution in [0.25, 0.3) is 0 Å². The van der Waals surface area contributed by atoms with Crippen LogP contribution in [0.3, 0.4) is 0 Å². The number of esters is 1. The summed E-state index contributed by atoms with van der Waals surface area (Å²) in [4.78, 5) is 39.4. The van der Waals surface area contributed by atoms with Crippen molar-refractivity contribution in [3.05, 3.63) is 56.3 Å². The van der Waals surface area contributed by atoms with E-state index >= 15 is 0 Å². The molecule has 1 aromatic carbocycles. The zero-order valence-electron chi connectivity index (χ0n) is 14.1. The molecule has 0 atom stereocenters. The van der Waals surface area contributed by atoms with Crippen molar-refractivity contribution >= 4 is 34.6 Å². The van der Waals surface area contributed by atoms with Crippen molar-refractivity contribution < 1.29 is 19.2 Å². The molecule has 1 amide bonds. The fraction of sp³-hybridized carbons (Fsp3) is 0.294. The van der Waals surface area contributed by atoms with Gasteiger partial charge in [0, 0.05) is 32.2 Å². The molecule has 9 heteroatoms. The van der Waals surface area contributed by atoms with Gasteiger partial charge in [0.1, 0.15) is 10.6 Å². The van der Waals surface area contributed by atoms with Crippen molar-refractivity contribution in [1.82, 2.24) is 4.90 Å². The van der Waals surface area contributed by atoms with Crippen molar-refractivity contribution in [2.45, 2.75) is 0 Å². The van der Waals surface area contributed by atoms with Gasteiger partial charge in [-0.2, -0.15) is 0 Å². The first kappa shape index (κ1) is 17.9. The molecule has 2 heterocycles. The molecule has 0 aliphatic carbocycles. The van der Waals surface area contributed by atoms with Crippen LogP contribution >= 0.6 is 11.3 Å². The molecule has 0 bridgehead atoms. The number of carbonyl (C=O) groups excluding carboxylic acids is 2. The molecule has 8 nitrogen and oxygen atoms in total. The molecule has 0 N–H and O–H groups in total. The summed E-state index contributed by atoms with van der Waals surface area (Å²) in [6.07, 6.45) is 0. The van der Waals surface area contributed by atoms with Crippen LogP contribution in [0.5, 0.6) is 0 Å². The van der Waals surface area contributed by atoms with E-state index in [1.165, 1.54) is 13.2 Å². The lowest BCUT2D eigenvalue weighted by Gasteiger charge is -2.35. The van der Waals surface area contributed by atoms with Gasteiger partial charge in [-0.15, -0.1) is 11.3 Å². The van der Waals surface area contributed by atoms with E-state index in [4.69, 9.17) is 0 Å². The first-order chi connectivity index (χ1) is 12.5. The number of nitro groups is 1. The van der Waals surface area contributed by atoms with E-state index in [0.29, 0.717) is 41.6 Å². The Kier molecular flexibility index (Phi) is 5.17. The van der Waals surface area contributed by atoms with Crippen molar-refractivity contribution in [3.8, 4) is 0 Å². The molecule has 26 heavy (non-hydrogen) atoms. The summed E-state index contributed by atoms with van der Waals surface area (Å²) in [5.41, 5.74) is 0.627. The van der Waals surface area contributed by atoms with Crippen LogP contribution in [0.15, 0.2) is 36.4 Å². The first-order valence-corrected chi connectivity index (χ1v) is 8.78. The zero-order chi connectivity index (χ0) is 18.7. The Morgan fingerprint density at radius 1 is 1.08 bits per heavy atom. The molecular formula is C17H17N3O5S. The minimum absolute atomic E-state index is 0.0632. The Hall–Kier alpha value is -2.94. The van der Waals surface area contributed by atoms with E-state index in [0.717, 1.165) is 11.3 Å². The van der Waals surface area contributed by atoms with E-state index in [9.17, 15) is 19.7 Å². The molecule has 0 unspecified atom stereocenters. The monoisotopic (exact) mass is 375 g/mol. The number of nitrogens with zero attached hydrogens (tertiary/aromatic N) is 3. The molecule has 1 aliphatic heterocycles. The number of carbonyl (C=O) groups is 2. The number of nitro benzene ring substituents is 1. The number of hydrogen-bond donors (Lipinski definition) is 0. The lowest BCUT2D eigenvalue weighted by Crippen LogP contribution is -2.48. The maximum atomic E-state index is 12.6. The average Bonchev–Trinajstić information content (AvgIpc) is 3.17. The third kappa shape index (κ3) is 3.52. The van der Waals surface area contributed by atoms with Gasteiger partial charge in [0.15, 0.2) is 0 Å². The fourth-order valence-electron chi connectivity index (χ4n) is 2.86. The number of piperazine rings is 1. The number of ether oxygens (including phenoxy) is 1. The number of anilines is 1. The first-order valence-electron chi connectivity index (χ1n) is 7.97. The van der Waals surface area contributed by atoms with Gasteiger partial charge in [0.05, 0.1) is 16.9 Å². The van der Waals surface area contributed by atoms with Crippen molar-refractivity contribution in [1.29, 1.82) is 0 Å². The van der Waals surface area contributed by atoms with Crippen LogP contribution in [0.4, 0.5) is 11.4 Å². The third-order valence-electron chi connectivity index (χ3n) is 4.19. The van der Waals surface area contributed by atoms with Gasteiger partial charge >= 0.3 is 5.97 Å². The molecule has 0 saturated carbocycles. The zero-order valence-corrected chi connectivity index (χ0v) is 14.9. The largest absolute Gasteiger partial charge is 0.465 e.